The molecule has 0 aliphatic carbocycles. The van der Waals surface area contributed by atoms with Gasteiger partial charge < -0.3 is 4.74 Å². The molecule has 2 rings (SSSR count). The van der Waals surface area contributed by atoms with E-state index in [4.69, 9.17) is 10.00 Å². The normalized spacial score (nSPS) is 10.3. The van der Waals surface area contributed by atoms with E-state index in [9.17, 15) is 0 Å². The van der Waals surface area contributed by atoms with Crippen molar-refractivity contribution in [3.05, 3.63) is 53.3 Å². The van der Waals surface area contributed by atoms with E-state index < -0.39 is 0 Å². The first-order chi connectivity index (χ1) is 9.10. The van der Waals surface area contributed by atoms with Crippen LogP contribution in [0.2, 0.25) is 0 Å². The summed E-state index contributed by atoms with van der Waals surface area (Å²) >= 11 is 0. The van der Waals surface area contributed by atoms with Crippen LogP contribution >= 0.6 is 0 Å². The minimum absolute atomic E-state index is 0.388. The van der Waals surface area contributed by atoms with Crippen LogP contribution in [0.3, 0.4) is 0 Å². The first-order valence-electron chi connectivity index (χ1n) is 6.24. The lowest BCUT2D eigenvalue weighted by Gasteiger charge is -2.12. The number of hydrogen-bond donors (Lipinski definition) is 0. The van der Waals surface area contributed by atoms with E-state index in [2.05, 4.69) is 31.8 Å². The molecule has 0 fully saturated rings. The standard InChI is InChI=1S/C16H16N2O/c1-11(2)16-7-6-14(8-12(16)3)19-15-5-4-13(9-17)18-10-15/h4-8,10-11H,1-3H3. The van der Waals surface area contributed by atoms with Crippen LogP contribution in [0, 0.1) is 18.3 Å². The van der Waals surface area contributed by atoms with Gasteiger partial charge in [-0.2, -0.15) is 5.26 Å². The quantitative estimate of drug-likeness (QED) is 0.823. The Kier molecular flexibility index (Phi) is 3.82. The van der Waals surface area contributed by atoms with Gasteiger partial charge in [-0.15, -0.1) is 0 Å². The average molecular weight is 252 g/mol. The van der Waals surface area contributed by atoms with Crippen LogP contribution in [0.5, 0.6) is 11.5 Å². The molecule has 0 atom stereocenters. The van der Waals surface area contributed by atoms with Crippen LogP contribution in [-0.2, 0) is 0 Å². The fourth-order valence-corrected chi connectivity index (χ4v) is 2.00. The van der Waals surface area contributed by atoms with Gasteiger partial charge in [-0.25, -0.2) is 4.98 Å². The number of nitriles is 1. The molecular formula is C16H16N2O. The predicted molar refractivity (Wildman–Crippen MR) is 74.3 cm³/mol. The molecule has 0 aliphatic rings. The average Bonchev–Trinajstić information content (AvgIpc) is 2.39. The van der Waals surface area contributed by atoms with E-state index in [0.717, 1.165) is 5.75 Å². The lowest BCUT2D eigenvalue weighted by atomic mass is 9.98. The molecule has 96 valence electrons. The smallest absolute Gasteiger partial charge is 0.145 e. The zero-order valence-electron chi connectivity index (χ0n) is 11.3. The third-order valence-electron chi connectivity index (χ3n) is 2.95. The number of aromatic nitrogens is 1. The van der Waals surface area contributed by atoms with Gasteiger partial charge in [0, 0.05) is 0 Å². The van der Waals surface area contributed by atoms with Crippen molar-refractivity contribution in [2.45, 2.75) is 26.7 Å². The molecule has 0 radical (unpaired) electrons. The van der Waals surface area contributed by atoms with Gasteiger partial charge in [0.05, 0.1) is 6.20 Å². The fourth-order valence-electron chi connectivity index (χ4n) is 2.00. The Morgan fingerprint density at radius 1 is 1.16 bits per heavy atom. The molecule has 0 saturated heterocycles. The molecule has 0 bridgehead atoms. The summed E-state index contributed by atoms with van der Waals surface area (Å²) in [5.74, 6) is 1.93. The van der Waals surface area contributed by atoms with E-state index in [0.29, 0.717) is 17.4 Å². The number of benzene rings is 1. The molecule has 1 aromatic carbocycles. The summed E-state index contributed by atoms with van der Waals surface area (Å²) in [5.41, 5.74) is 2.93. The second-order valence-electron chi connectivity index (χ2n) is 4.77. The van der Waals surface area contributed by atoms with Crippen molar-refractivity contribution in [1.82, 2.24) is 4.98 Å². The number of rotatable bonds is 3. The molecule has 2 aromatic rings. The lowest BCUT2D eigenvalue weighted by molar-refractivity contribution is 0.479. The highest BCUT2D eigenvalue weighted by molar-refractivity contribution is 5.39. The molecule has 0 amide bonds. The highest BCUT2D eigenvalue weighted by atomic mass is 16.5. The van der Waals surface area contributed by atoms with E-state index >= 15 is 0 Å². The van der Waals surface area contributed by atoms with E-state index in [1.807, 2.05) is 18.2 Å². The zero-order valence-corrected chi connectivity index (χ0v) is 11.3. The summed E-state index contributed by atoms with van der Waals surface area (Å²) in [6.07, 6.45) is 1.56. The molecule has 0 unspecified atom stereocenters. The molecule has 1 aromatic heterocycles. The third kappa shape index (κ3) is 3.11. The highest BCUT2D eigenvalue weighted by Gasteiger charge is 2.05. The third-order valence-corrected chi connectivity index (χ3v) is 2.95. The summed E-state index contributed by atoms with van der Waals surface area (Å²) < 4.78 is 5.72. The Bertz CT molecular complexity index is 610. The largest absolute Gasteiger partial charge is 0.456 e. The van der Waals surface area contributed by atoms with Crippen LogP contribution in [-0.4, -0.2) is 4.98 Å². The van der Waals surface area contributed by atoms with Crippen molar-refractivity contribution in [3.63, 3.8) is 0 Å². The van der Waals surface area contributed by atoms with E-state index in [1.165, 1.54) is 11.1 Å². The first kappa shape index (κ1) is 13.1. The van der Waals surface area contributed by atoms with Crippen LogP contribution in [0.25, 0.3) is 0 Å². The summed E-state index contributed by atoms with van der Waals surface area (Å²) in [7, 11) is 0. The van der Waals surface area contributed by atoms with Gasteiger partial charge in [0.25, 0.3) is 0 Å². The number of pyridine rings is 1. The molecule has 0 N–H and O–H groups in total. The second kappa shape index (κ2) is 5.53. The summed E-state index contributed by atoms with van der Waals surface area (Å²) in [5, 5.41) is 8.68. The molecular weight excluding hydrogens is 236 g/mol. The van der Waals surface area contributed by atoms with Gasteiger partial charge in [-0.3, -0.25) is 0 Å². The summed E-state index contributed by atoms with van der Waals surface area (Å²) in [4.78, 5) is 3.98. The van der Waals surface area contributed by atoms with Crippen molar-refractivity contribution < 1.29 is 4.74 Å². The van der Waals surface area contributed by atoms with Crippen molar-refractivity contribution >= 4 is 0 Å². The Morgan fingerprint density at radius 3 is 2.42 bits per heavy atom. The maximum absolute atomic E-state index is 8.68. The van der Waals surface area contributed by atoms with Crippen LogP contribution in [0.1, 0.15) is 36.6 Å². The number of nitrogens with zero attached hydrogens (tertiary/aromatic N) is 2. The van der Waals surface area contributed by atoms with Gasteiger partial charge >= 0.3 is 0 Å². The van der Waals surface area contributed by atoms with Gasteiger partial charge in [-0.1, -0.05) is 19.9 Å². The van der Waals surface area contributed by atoms with Gasteiger partial charge in [0.2, 0.25) is 0 Å². The topological polar surface area (TPSA) is 45.9 Å². The predicted octanol–water partition coefficient (Wildman–Crippen LogP) is 4.18. The van der Waals surface area contributed by atoms with Crippen LogP contribution < -0.4 is 4.74 Å². The van der Waals surface area contributed by atoms with E-state index in [1.54, 1.807) is 18.3 Å². The van der Waals surface area contributed by atoms with Gasteiger partial charge in [-0.05, 0) is 48.2 Å². The molecule has 0 spiro atoms. The fraction of sp³-hybridized carbons (Fsp3) is 0.250. The van der Waals surface area contributed by atoms with Crippen LogP contribution in [0.4, 0.5) is 0 Å². The molecule has 3 heteroatoms. The van der Waals surface area contributed by atoms with Crippen molar-refractivity contribution in [2.75, 3.05) is 0 Å². The van der Waals surface area contributed by atoms with Gasteiger partial charge in [0.15, 0.2) is 0 Å². The number of ether oxygens (including phenoxy) is 1. The summed E-state index contributed by atoms with van der Waals surface area (Å²) in [6.45, 7) is 6.43. The summed E-state index contributed by atoms with van der Waals surface area (Å²) in [6, 6.07) is 11.4. The van der Waals surface area contributed by atoms with Gasteiger partial charge in [0.1, 0.15) is 23.3 Å². The van der Waals surface area contributed by atoms with Crippen molar-refractivity contribution in [3.8, 4) is 17.6 Å². The van der Waals surface area contributed by atoms with E-state index in [-0.39, 0.29) is 0 Å². The second-order valence-corrected chi connectivity index (χ2v) is 4.77. The Morgan fingerprint density at radius 2 is 1.89 bits per heavy atom. The lowest BCUT2D eigenvalue weighted by Crippen LogP contribution is -1.93. The highest BCUT2D eigenvalue weighted by Crippen LogP contribution is 2.26. The SMILES string of the molecule is Cc1cc(Oc2ccc(C#N)nc2)ccc1C(C)C. The molecule has 1 heterocycles. The van der Waals surface area contributed by atoms with Crippen molar-refractivity contribution in [1.29, 1.82) is 5.26 Å². The maximum atomic E-state index is 8.68. The Labute approximate surface area is 113 Å². The molecule has 19 heavy (non-hydrogen) atoms. The van der Waals surface area contributed by atoms with Crippen molar-refractivity contribution in [2.24, 2.45) is 0 Å². The number of aryl methyl sites for hydroxylation is 1. The first-order valence-corrected chi connectivity index (χ1v) is 6.24. The maximum Gasteiger partial charge on any atom is 0.145 e. The molecule has 0 aliphatic heterocycles. The molecule has 3 nitrogen and oxygen atoms in total. The zero-order chi connectivity index (χ0) is 13.8. The Hall–Kier alpha value is -2.34. The monoisotopic (exact) mass is 252 g/mol. The van der Waals surface area contributed by atoms with Crippen LogP contribution in [0.15, 0.2) is 36.5 Å². The minimum Gasteiger partial charge on any atom is -0.456 e. The minimum atomic E-state index is 0.388. The number of hydrogen-bond acceptors (Lipinski definition) is 3. The Balaban J connectivity index is 2.19. The molecule has 0 saturated carbocycles.